The second-order valence-corrected chi connectivity index (χ2v) is 4.92. The molecule has 22 heavy (non-hydrogen) atoms. The first-order valence-electron chi connectivity index (χ1n) is 6.27. The smallest absolute Gasteiger partial charge is 0.381 e. The number of rotatable bonds is 2. The fourth-order valence-electron chi connectivity index (χ4n) is 2.01. The molecule has 0 aliphatic carbocycles. The normalized spacial score (nSPS) is 17.5. The summed E-state index contributed by atoms with van der Waals surface area (Å²) in [6.45, 7) is 0.546. The lowest BCUT2D eigenvalue weighted by Crippen LogP contribution is -2.54. The first-order chi connectivity index (χ1) is 9.72. The zero-order valence-electron chi connectivity index (χ0n) is 11.4. The molecule has 1 aliphatic heterocycles. The monoisotopic (exact) mass is 342 g/mol. The van der Waals surface area contributed by atoms with Crippen molar-refractivity contribution < 1.29 is 27.1 Å². The Hall–Kier alpha value is -1.38. The molecule has 1 amide bonds. The van der Waals surface area contributed by atoms with Crippen LogP contribution < -0.4 is 11.1 Å². The number of amides is 1. The van der Waals surface area contributed by atoms with Gasteiger partial charge in [0.05, 0.1) is 11.3 Å². The summed E-state index contributed by atoms with van der Waals surface area (Å²) in [5.41, 5.74) is 3.04. The topological polar surface area (TPSA) is 64.4 Å². The van der Waals surface area contributed by atoms with Gasteiger partial charge in [-0.05, 0) is 31.0 Å². The highest BCUT2D eigenvalue weighted by molar-refractivity contribution is 5.98. The van der Waals surface area contributed by atoms with Crippen molar-refractivity contribution in [3.8, 4) is 0 Å². The van der Waals surface area contributed by atoms with Crippen LogP contribution in [0, 0.1) is 5.82 Å². The van der Waals surface area contributed by atoms with E-state index in [1.165, 1.54) is 0 Å². The molecule has 0 radical (unpaired) electrons. The van der Waals surface area contributed by atoms with Gasteiger partial charge < -0.3 is 15.8 Å². The van der Waals surface area contributed by atoms with Crippen molar-refractivity contribution >= 4 is 24.0 Å². The van der Waals surface area contributed by atoms with Gasteiger partial charge in [0.2, 0.25) is 5.91 Å². The number of benzene rings is 1. The van der Waals surface area contributed by atoms with E-state index in [1.54, 1.807) is 0 Å². The minimum Gasteiger partial charge on any atom is -0.381 e. The van der Waals surface area contributed by atoms with E-state index in [0.717, 1.165) is 0 Å². The zero-order chi connectivity index (χ0) is 15.7. The number of halogens is 5. The van der Waals surface area contributed by atoms with E-state index in [9.17, 15) is 22.4 Å². The summed E-state index contributed by atoms with van der Waals surface area (Å²) in [5.74, 6) is -1.67. The van der Waals surface area contributed by atoms with Gasteiger partial charge in [0.25, 0.3) is 0 Å². The van der Waals surface area contributed by atoms with Crippen molar-refractivity contribution in [3.63, 3.8) is 0 Å². The number of anilines is 1. The van der Waals surface area contributed by atoms with E-state index in [-0.39, 0.29) is 38.5 Å². The van der Waals surface area contributed by atoms with Gasteiger partial charge >= 0.3 is 6.18 Å². The average molecular weight is 343 g/mol. The minimum atomic E-state index is -4.62. The van der Waals surface area contributed by atoms with Crippen molar-refractivity contribution in [1.29, 1.82) is 0 Å². The molecule has 0 atom stereocenters. The summed E-state index contributed by atoms with van der Waals surface area (Å²) < 4.78 is 56.4. The molecule has 0 saturated carbocycles. The molecule has 1 heterocycles. The molecule has 1 aromatic rings. The van der Waals surface area contributed by atoms with Crippen LogP contribution in [0.1, 0.15) is 18.4 Å². The van der Waals surface area contributed by atoms with Crippen molar-refractivity contribution in [2.75, 3.05) is 18.5 Å². The molecule has 0 aromatic heterocycles. The molecule has 1 aliphatic rings. The van der Waals surface area contributed by atoms with E-state index >= 15 is 0 Å². The maximum atomic E-state index is 13.6. The summed E-state index contributed by atoms with van der Waals surface area (Å²) in [5, 5.41) is 2.14. The van der Waals surface area contributed by atoms with Gasteiger partial charge in [-0.3, -0.25) is 4.79 Å². The maximum absolute atomic E-state index is 13.6. The maximum Gasteiger partial charge on any atom is 0.416 e. The highest BCUT2D eigenvalue weighted by Crippen LogP contribution is 2.32. The Kier molecular flexibility index (Phi) is 5.77. The van der Waals surface area contributed by atoms with Gasteiger partial charge in [-0.1, -0.05) is 0 Å². The Morgan fingerprint density at radius 3 is 2.41 bits per heavy atom. The van der Waals surface area contributed by atoms with Gasteiger partial charge in [-0.15, -0.1) is 12.4 Å². The van der Waals surface area contributed by atoms with Crippen molar-refractivity contribution in [3.05, 3.63) is 29.6 Å². The lowest BCUT2D eigenvalue weighted by molar-refractivity contribution is -0.137. The Bertz CT molecular complexity index is 545. The van der Waals surface area contributed by atoms with Crippen LogP contribution in [0.2, 0.25) is 0 Å². The number of alkyl halides is 3. The second-order valence-electron chi connectivity index (χ2n) is 4.92. The predicted octanol–water partition coefficient (Wildman–Crippen LogP) is 2.71. The number of carbonyl (C=O) groups is 1. The van der Waals surface area contributed by atoms with Crippen molar-refractivity contribution in [1.82, 2.24) is 0 Å². The molecule has 1 aromatic carbocycles. The molecule has 124 valence electrons. The summed E-state index contributed by atoms with van der Waals surface area (Å²) in [6.07, 6.45) is -4.18. The predicted molar refractivity (Wildman–Crippen MR) is 74.3 cm³/mol. The number of hydrogen-bond donors (Lipinski definition) is 2. The molecule has 0 bridgehead atoms. The summed E-state index contributed by atoms with van der Waals surface area (Å²) >= 11 is 0. The first kappa shape index (κ1) is 18.7. The fourth-order valence-corrected chi connectivity index (χ4v) is 2.01. The quantitative estimate of drug-likeness (QED) is 0.812. The molecule has 1 fully saturated rings. The highest BCUT2D eigenvalue weighted by Gasteiger charge is 2.37. The second kappa shape index (κ2) is 6.80. The molecule has 2 rings (SSSR count). The number of hydrogen-bond acceptors (Lipinski definition) is 3. The SMILES string of the molecule is Cl.NC1(C(=O)Nc2cc(C(F)(F)F)ccc2F)CCOCC1. The number of ether oxygens (including phenoxy) is 1. The Morgan fingerprint density at radius 1 is 1.27 bits per heavy atom. The first-order valence-corrected chi connectivity index (χ1v) is 6.27. The van der Waals surface area contributed by atoms with E-state index in [2.05, 4.69) is 5.32 Å². The standard InChI is InChI=1S/C13H14F4N2O2.ClH/c14-9-2-1-8(13(15,16)17)7-10(9)19-11(20)12(18)3-5-21-6-4-12;/h1-2,7H,3-6,18H2,(H,19,20);1H. The minimum absolute atomic E-state index is 0. The Labute approximate surface area is 130 Å². The van der Waals surface area contributed by atoms with Crippen LogP contribution in [0.3, 0.4) is 0 Å². The van der Waals surface area contributed by atoms with Crippen LogP contribution in [0.25, 0.3) is 0 Å². The van der Waals surface area contributed by atoms with Gasteiger partial charge in [0.1, 0.15) is 11.4 Å². The average Bonchev–Trinajstić information content (AvgIpc) is 2.40. The molecule has 3 N–H and O–H groups in total. The van der Waals surface area contributed by atoms with Gasteiger partial charge in [0.15, 0.2) is 0 Å². The van der Waals surface area contributed by atoms with E-state index in [0.29, 0.717) is 18.2 Å². The van der Waals surface area contributed by atoms with Crippen LogP contribution in [0.5, 0.6) is 0 Å². The molecular formula is C13H15ClF4N2O2. The van der Waals surface area contributed by atoms with Crippen molar-refractivity contribution in [2.45, 2.75) is 24.6 Å². The third-order valence-electron chi connectivity index (χ3n) is 3.38. The lowest BCUT2D eigenvalue weighted by Gasteiger charge is -2.31. The molecular weight excluding hydrogens is 328 g/mol. The molecule has 0 unspecified atom stereocenters. The third kappa shape index (κ3) is 4.08. The van der Waals surface area contributed by atoms with Crippen LogP contribution >= 0.6 is 12.4 Å². The zero-order valence-corrected chi connectivity index (χ0v) is 12.2. The molecule has 1 saturated heterocycles. The number of carbonyl (C=O) groups excluding carboxylic acids is 1. The van der Waals surface area contributed by atoms with E-state index < -0.39 is 34.7 Å². The molecule has 0 spiro atoms. The van der Waals surface area contributed by atoms with Gasteiger partial charge in [-0.2, -0.15) is 13.2 Å². The summed E-state index contributed by atoms with van der Waals surface area (Å²) in [4.78, 5) is 12.1. The summed E-state index contributed by atoms with van der Waals surface area (Å²) in [6, 6.07) is 1.82. The lowest BCUT2D eigenvalue weighted by atomic mass is 9.90. The Balaban J connectivity index is 0.00000242. The van der Waals surface area contributed by atoms with Crippen LogP contribution in [-0.4, -0.2) is 24.7 Å². The number of nitrogens with one attached hydrogen (secondary N) is 1. The number of nitrogens with two attached hydrogens (primary N) is 1. The van der Waals surface area contributed by atoms with Crippen LogP contribution in [-0.2, 0) is 15.7 Å². The van der Waals surface area contributed by atoms with E-state index in [1.807, 2.05) is 0 Å². The Morgan fingerprint density at radius 2 is 1.86 bits per heavy atom. The molecule has 4 nitrogen and oxygen atoms in total. The van der Waals surface area contributed by atoms with Gasteiger partial charge in [0, 0.05) is 13.2 Å². The van der Waals surface area contributed by atoms with Crippen molar-refractivity contribution in [2.24, 2.45) is 5.73 Å². The van der Waals surface area contributed by atoms with Crippen LogP contribution in [0.4, 0.5) is 23.2 Å². The van der Waals surface area contributed by atoms with Crippen LogP contribution in [0.15, 0.2) is 18.2 Å². The largest absolute Gasteiger partial charge is 0.416 e. The fraction of sp³-hybridized carbons (Fsp3) is 0.462. The van der Waals surface area contributed by atoms with E-state index in [4.69, 9.17) is 10.5 Å². The van der Waals surface area contributed by atoms with Gasteiger partial charge in [-0.25, -0.2) is 4.39 Å². The summed E-state index contributed by atoms with van der Waals surface area (Å²) in [7, 11) is 0. The highest BCUT2D eigenvalue weighted by atomic mass is 35.5. The molecule has 9 heteroatoms. The third-order valence-corrected chi connectivity index (χ3v) is 3.38.